The molecule has 1 heterocycles. The van der Waals surface area contributed by atoms with E-state index in [4.69, 9.17) is 29.6 Å². The van der Waals surface area contributed by atoms with Crippen molar-refractivity contribution in [3.8, 4) is 0 Å². The van der Waals surface area contributed by atoms with Gasteiger partial charge in [-0.25, -0.2) is 0 Å². The Labute approximate surface area is 134 Å². The fourth-order valence-corrected chi connectivity index (χ4v) is 3.27. The number of nitrogens with zero attached hydrogens (tertiary/aromatic N) is 1. The Hall–Kier alpha value is -1.10. The van der Waals surface area contributed by atoms with Crippen LogP contribution in [0.25, 0.3) is 0 Å². The van der Waals surface area contributed by atoms with Crippen molar-refractivity contribution in [1.29, 1.82) is 0 Å². The molecule has 2 nitrogen and oxygen atoms in total. The summed E-state index contributed by atoms with van der Waals surface area (Å²) in [7, 11) is 2.06. The summed E-state index contributed by atoms with van der Waals surface area (Å²) in [5.41, 5.74) is 7.65. The van der Waals surface area contributed by atoms with Crippen LogP contribution in [0.3, 0.4) is 0 Å². The fourth-order valence-electron chi connectivity index (χ4n) is 2.11. The number of benzene rings is 1. The molecule has 0 aliphatic rings. The van der Waals surface area contributed by atoms with Crippen LogP contribution < -0.4 is 10.6 Å². The number of thiophene rings is 1. The molecule has 5 heteroatoms. The number of nitrogens with two attached hydrogens (primary N) is 1. The number of rotatable bonds is 5. The van der Waals surface area contributed by atoms with E-state index in [0.717, 1.165) is 17.7 Å². The first kappa shape index (κ1) is 15.3. The summed E-state index contributed by atoms with van der Waals surface area (Å²) in [4.78, 5) is 3.94. The van der Waals surface area contributed by atoms with E-state index in [9.17, 15) is 0 Å². The predicted octanol–water partition coefficient (Wildman–Crippen LogP) is 4.10. The maximum atomic E-state index is 6.03. The van der Waals surface area contributed by atoms with Crippen LogP contribution in [-0.2, 0) is 6.42 Å². The molecule has 0 amide bonds. The molecule has 0 spiro atoms. The van der Waals surface area contributed by atoms with E-state index in [1.54, 1.807) is 11.3 Å². The van der Waals surface area contributed by atoms with E-state index >= 15 is 0 Å². The van der Waals surface area contributed by atoms with Crippen LogP contribution in [0, 0.1) is 0 Å². The van der Waals surface area contributed by atoms with E-state index in [1.807, 2.05) is 18.2 Å². The van der Waals surface area contributed by atoms with Gasteiger partial charge in [0.15, 0.2) is 0 Å². The summed E-state index contributed by atoms with van der Waals surface area (Å²) >= 11 is 12.9. The van der Waals surface area contributed by atoms with Gasteiger partial charge in [0.1, 0.15) is 4.99 Å². The van der Waals surface area contributed by atoms with E-state index in [2.05, 4.69) is 36.4 Å². The van der Waals surface area contributed by atoms with Crippen LogP contribution in [0.5, 0.6) is 0 Å². The Bertz CT molecular complexity index is 596. The number of anilines is 1. The van der Waals surface area contributed by atoms with Gasteiger partial charge in [-0.3, -0.25) is 0 Å². The summed E-state index contributed by atoms with van der Waals surface area (Å²) < 4.78 is 0. The Morgan fingerprint density at radius 1 is 1.45 bits per heavy atom. The molecular weight excluding hydrogens is 308 g/mol. The minimum Gasteiger partial charge on any atom is -0.389 e. The van der Waals surface area contributed by atoms with Gasteiger partial charge in [0.25, 0.3) is 0 Å². The third kappa shape index (κ3) is 3.51. The lowest BCUT2D eigenvalue weighted by molar-refractivity contribution is 0.688. The Morgan fingerprint density at radius 3 is 2.80 bits per heavy atom. The first-order valence-electron chi connectivity index (χ1n) is 6.33. The van der Waals surface area contributed by atoms with Gasteiger partial charge in [-0.2, -0.15) is 0 Å². The van der Waals surface area contributed by atoms with Gasteiger partial charge < -0.3 is 10.6 Å². The van der Waals surface area contributed by atoms with Crippen LogP contribution in [0.1, 0.15) is 17.4 Å². The lowest BCUT2D eigenvalue weighted by atomic mass is 10.1. The third-order valence-electron chi connectivity index (χ3n) is 3.34. The van der Waals surface area contributed by atoms with Crippen molar-refractivity contribution < 1.29 is 0 Å². The normalized spacial score (nSPS) is 12.2. The SMILES string of the molecule is CC(Cc1cccs1)N(C)c1ccc(Cl)cc1C(N)=S. The maximum absolute atomic E-state index is 6.03. The number of likely N-dealkylation sites (N-methyl/N-ethyl adjacent to an activating group) is 1. The maximum Gasteiger partial charge on any atom is 0.106 e. The molecule has 0 fully saturated rings. The molecule has 106 valence electrons. The van der Waals surface area contributed by atoms with Gasteiger partial charge in [0.2, 0.25) is 0 Å². The summed E-state index contributed by atoms with van der Waals surface area (Å²) in [6.07, 6.45) is 0.994. The molecule has 1 aromatic carbocycles. The van der Waals surface area contributed by atoms with Crippen LogP contribution in [-0.4, -0.2) is 18.1 Å². The van der Waals surface area contributed by atoms with E-state index in [0.29, 0.717) is 16.1 Å². The molecule has 0 saturated heterocycles. The minimum atomic E-state index is 0.350. The molecule has 0 aliphatic carbocycles. The molecule has 20 heavy (non-hydrogen) atoms. The van der Waals surface area contributed by atoms with Crippen LogP contribution in [0.2, 0.25) is 5.02 Å². The van der Waals surface area contributed by atoms with Gasteiger partial charge in [-0.1, -0.05) is 29.9 Å². The number of thiocarbonyl (C=S) groups is 1. The average molecular weight is 325 g/mol. The van der Waals surface area contributed by atoms with Gasteiger partial charge in [0, 0.05) is 40.7 Å². The van der Waals surface area contributed by atoms with E-state index in [-0.39, 0.29) is 0 Å². The number of hydrogen-bond acceptors (Lipinski definition) is 3. The quantitative estimate of drug-likeness (QED) is 0.839. The highest BCUT2D eigenvalue weighted by molar-refractivity contribution is 7.80. The van der Waals surface area contributed by atoms with Crippen LogP contribution in [0.4, 0.5) is 5.69 Å². The molecular formula is C15H17ClN2S2. The highest BCUT2D eigenvalue weighted by Crippen LogP contribution is 2.26. The van der Waals surface area contributed by atoms with Gasteiger partial charge in [0.05, 0.1) is 0 Å². The van der Waals surface area contributed by atoms with Crippen molar-refractivity contribution in [2.75, 3.05) is 11.9 Å². The standard InChI is InChI=1S/C15H17ClN2S2/c1-10(8-12-4-3-7-20-12)18(2)14-6-5-11(16)9-13(14)15(17)19/h3-7,9-10H,8H2,1-2H3,(H2,17,19). The monoisotopic (exact) mass is 324 g/mol. The number of hydrogen-bond donors (Lipinski definition) is 1. The van der Waals surface area contributed by atoms with Gasteiger partial charge in [-0.05, 0) is 36.6 Å². The van der Waals surface area contributed by atoms with Crippen molar-refractivity contribution in [2.45, 2.75) is 19.4 Å². The molecule has 1 atom stereocenters. The fraction of sp³-hybridized carbons (Fsp3) is 0.267. The van der Waals surface area contributed by atoms with Gasteiger partial charge in [-0.15, -0.1) is 11.3 Å². The largest absolute Gasteiger partial charge is 0.389 e. The molecule has 1 unspecified atom stereocenters. The Balaban J connectivity index is 2.24. The first-order chi connectivity index (χ1) is 9.49. The lowest BCUT2D eigenvalue weighted by Crippen LogP contribution is -2.32. The molecule has 2 aromatic rings. The van der Waals surface area contributed by atoms with E-state index in [1.165, 1.54) is 4.88 Å². The zero-order valence-electron chi connectivity index (χ0n) is 11.5. The second kappa shape index (κ2) is 6.57. The zero-order chi connectivity index (χ0) is 14.7. The highest BCUT2D eigenvalue weighted by Gasteiger charge is 2.16. The van der Waals surface area contributed by atoms with E-state index < -0.39 is 0 Å². The molecule has 0 radical (unpaired) electrons. The van der Waals surface area contributed by atoms with Crippen molar-refractivity contribution in [3.05, 3.63) is 51.2 Å². The van der Waals surface area contributed by atoms with Crippen molar-refractivity contribution in [2.24, 2.45) is 5.73 Å². The predicted molar refractivity (Wildman–Crippen MR) is 93.2 cm³/mol. The van der Waals surface area contributed by atoms with Crippen LogP contribution >= 0.6 is 35.2 Å². The van der Waals surface area contributed by atoms with Gasteiger partial charge >= 0.3 is 0 Å². The van der Waals surface area contributed by atoms with Crippen molar-refractivity contribution in [3.63, 3.8) is 0 Å². The second-order valence-corrected chi connectivity index (χ2v) is 6.68. The lowest BCUT2D eigenvalue weighted by Gasteiger charge is -2.28. The third-order valence-corrected chi connectivity index (χ3v) is 4.70. The summed E-state index contributed by atoms with van der Waals surface area (Å²) in [5, 5.41) is 2.75. The topological polar surface area (TPSA) is 29.3 Å². The zero-order valence-corrected chi connectivity index (χ0v) is 13.9. The Kier molecular flexibility index (Phi) is 5.02. The molecule has 0 bridgehead atoms. The Morgan fingerprint density at radius 2 is 2.20 bits per heavy atom. The number of halogens is 1. The summed E-state index contributed by atoms with van der Waals surface area (Å²) in [6.45, 7) is 2.19. The molecule has 0 aliphatic heterocycles. The molecule has 1 aromatic heterocycles. The summed E-state index contributed by atoms with van der Waals surface area (Å²) in [6, 6.07) is 10.3. The molecule has 0 saturated carbocycles. The molecule has 2 rings (SSSR count). The highest BCUT2D eigenvalue weighted by atomic mass is 35.5. The van der Waals surface area contributed by atoms with Crippen molar-refractivity contribution >= 4 is 45.8 Å². The van der Waals surface area contributed by atoms with Crippen LogP contribution in [0.15, 0.2) is 35.7 Å². The first-order valence-corrected chi connectivity index (χ1v) is 8.00. The molecule has 2 N–H and O–H groups in total. The second-order valence-electron chi connectivity index (χ2n) is 4.77. The average Bonchev–Trinajstić information content (AvgIpc) is 2.90. The summed E-state index contributed by atoms with van der Waals surface area (Å²) in [5.74, 6) is 0. The minimum absolute atomic E-state index is 0.350. The smallest absolute Gasteiger partial charge is 0.106 e. The van der Waals surface area contributed by atoms with Crippen molar-refractivity contribution in [1.82, 2.24) is 0 Å².